The minimum Gasteiger partial charge on any atom is -0.493 e. The molecule has 0 aliphatic heterocycles. The monoisotopic (exact) mass is 591 g/mol. The quantitative estimate of drug-likeness (QED) is 0.216. The Kier molecular flexibility index (Phi) is 9.00. The van der Waals surface area contributed by atoms with Crippen molar-refractivity contribution in [2.24, 2.45) is 5.41 Å². The molecule has 2 aromatic heterocycles. The fourth-order valence-corrected chi connectivity index (χ4v) is 4.80. The molecule has 0 radical (unpaired) electrons. The van der Waals surface area contributed by atoms with Crippen LogP contribution in [0.15, 0.2) is 71.9 Å². The predicted molar refractivity (Wildman–Crippen MR) is 162 cm³/mol. The Morgan fingerprint density at radius 2 is 1.45 bits per heavy atom. The summed E-state index contributed by atoms with van der Waals surface area (Å²) in [5.74, 6) is 0.880. The van der Waals surface area contributed by atoms with Crippen LogP contribution in [0.4, 0.5) is 5.82 Å². The second kappa shape index (κ2) is 12.3. The van der Waals surface area contributed by atoms with Crippen molar-refractivity contribution >= 4 is 15.8 Å². The summed E-state index contributed by atoms with van der Waals surface area (Å²) in [7, 11) is -2.60. The minimum absolute atomic E-state index is 0.0221. The molecular weight excluding hydrogens is 554 g/mol. The van der Waals surface area contributed by atoms with Gasteiger partial charge in [0.2, 0.25) is 11.6 Å². The van der Waals surface area contributed by atoms with E-state index in [9.17, 15) is 8.42 Å². The number of nitrogens with zero attached hydrogens (tertiary/aromatic N) is 4. The lowest BCUT2D eigenvalue weighted by atomic mass is 9.87. The maximum absolute atomic E-state index is 13.7. The van der Waals surface area contributed by atoms with Gasteiger partial charge in [-0.1, -0.05) is 65.8 Å². The summed E-state index contributed by atoms with van der Waals surface area (Å²) < 4.78 is 47.8. The summed E-state index contributed by atoms with van der Waals surface area (Å²) in [4.78, 5) is 17.6. The second-order valence-corrected chi connectivity index (χ2v) is 13.6. The van der Waals surface area contributed by atoms with E-state index < -0.39 is 10.0 Å². The van der Waals surface area contributed by atoms with Crippen LogP contribution < -0.4 is 18.9 Å². The van der Waals surface area contributed by atoms with Crippen LogP contribution in [0.3, 0.4) is 0 Å². The van der Waals surface area contributed by atoms with E-state index >= 15 is 0 Å². The molecule has 4 rings (SSSR count). The highest BCUT2D eigenvalue weighted by atomic mass is 32.2. The molecule has 1 N–H and O–H groups in total. The smallest absolute Gasteiger partial charge is 0.263 e. The first kappa shape index (κ1) is 30.7. The fraction of sp³-hybridized carbons (Fsp3) is 0.355. The lowest BCUT2D eigenvalue weighted by molar-refractivity contribution is 0.229. The van der Waals surface area contributed by atoms with Crippen molar-refractivity contribution in [1.29, 1.82) is 0 Å². The number of ether oxygens (including phenoxy) is 3. The highest BCUT2D eigenvalue weighted by molar-refractivity contribution is 7.92. The molecule has 0 bridgehead atoms. The minimum atomic E-state index is -4.11. The standard InChI is InChI=1S/C31H37N5O5S/c1-30(2,3)17-20-40-29-25(41-24-12-9-8-11-23(24)39-7)26(34-28(35-29)27-32-18-10-19-33-27)36-42(37,38)22-15-13-21(14-16-22)31(4,5)6/h8-16,18-19H,17,20H2,1-7H3,(H,34,35,36). The largest absolute Gasteiger partial charge is 0.493 e. The van der Waals surface area contributed by atoms with Crippen molar-refractivity contribution < 1.29 is 22.6 Å². The van der Waals surface area contributed by atoms with Crippen LogP contribution in [0.25, 0.3) is 11.6 Å². The van der Waals surface area contributed by atoms with Gasteiger partial charge in [0.15, 0.2) is 23.1 Å². The van der Waals surface area contributed by atoms with E-state index in [0.29, 0.717) is 24.5 Å². The molecule has 0 unspecified atom stereocenters. The lowest BCUT2D eigenvalue weighted by Gasteiger charge is -2.21. The van der Waals surface area contributed by atoms with E-state index in [1.54, 1.807) is 67.0 Å². The van der Waals surface area contributed by atoms with Crippen LogP contribution in [-0.2, 0) is 15.4 Å². The summed E-state index contributed by atoms with van der Waals surface area (Å²) in [5, 5.41) is 0. The van der Waals surface area contributed by atoms with E-state index in [-0.39, 0.29) is 44.8 Å². The van der Waals surface area contributed by atoms with Gasteiger partial charge >= 0.3 is 0 Å². The molecule has 0 atom stereocenters. The topological polar surface area (TPSA) is 125 Å². The van der Waals surface area contributed by atoms with Crippen molar-refractivity contribution in [2.45, 2.75) is 58.3 Å². The number of nitrogens with one attached hydrogen (secondary N) is 1. The van der Waals surface area contributed by atoms with E-state index in [0.717, 1.165) is 5.56 Å². The molecule has 11 heteroatoms. The Morgan fingerprint density at radius 1 is 0.810 bits per heavy atom. The van der Waals surface area contributed by atoms with Crippen molar-refractivity contribution in [1.82, 2.24) is 19.9 Å². The number of anilines is 1. The molecule has 0 aliphatic carbocycles. The molecule has 0 amide bonds. The van der Waals surface area contributed by atoms with E-state index in [4.69, 9.17) is 14.2 Å². The Morgan fingerprint density at radius 3 is 2.05 bits per heavy atom. The van der Waals surface area contributed by atoms with Crippen LogP contribution in [0.1, 0.15) is 53.5 Å². The van der Waals surface area contributed by atoms with Gasteiger partial charge in [0.05, 0.1) is 18.6 Å². The Hall–Kier alpha value is -4.25. The third kappa shape index (κ3) is 7.73. The second-order valence-electron chi connectivity index (χ2n) is 11.9. The van der Waals surface area contributed by atoms with E-state index in [1.807, 2.05) is 0 Å². The van der Waals surface area contributed by atoms with Gasteiger partial charge in [-0.05, 0) is 53.1 Å². The molecule has 4 aromatic rings. The van der Waals surface area contributed by atoms with Crippen molar-refractivity contribution in [2.75, 3.05) is 18.4 Å². The van der Waals surface area contributed by atoms with Gasteiger partial charge in [-0.25, -0.2) is 23.4 Å². The number of aromatic nitrogens is 4. The molecule has 0 aliphatic rings. The third-order valence-electron chi connectivity index (χ3n) is 6.23. The summed E-state index contributed by atoms with van der Waals surface area (Å²) in [6.45, 7) is 12.8. The van der Waals surface area contributed by atoms with Gasteiger partial charge in [0.1, 0.15) is 0 Å². The zero-order chi connectivity index (χ0) is 30.5. The Balaban J connectivity index is 1.85. The fourth-order valence-electron chi connectivity index (χ4n) is 3.79. The predicted octanol–water partition coefficient (Wildman–Crippen LogP) is 6.65. The highest BCUT2D eigenvalue weighted by Gasteiger charge is 2.27. The molecule has 42 heavy (non-hydrogen) atoms. The maximum atomic E-state index is 13.7. The molecule has 2 aromatic carbocycles. The number of methoxy groups -OCH3 is 1. The first-order chi connectivity index (χ1) is 19.8. The first-order valence-corrected chi connectivity index (χ1v) is 15.0. The van der Waals surface area contributed by atoms with E-state index in [1.165, 1.54) is 7.11 Å². The lowest BCUT2D eigenvalue weighted by Crippen LogP contribution is -2.18. The summed E-state index contributed by atoms with van der Waals surface area (Å²) >= 11 is 0. The number of sulfonamides is 1. The van der Waals surface area contributed by atoms with Gasteiger partial charge in [0.25, 0.3) is 15.9 Å². The van der Waals surface area contributed by atoms with Crippen molar-refractivity contribution in [3.8, 4) is 34.8 Å². The zero-order valence-corrected chi connectivity index (χ0v) is 25.8. The van der Waals surface area contributed by atoms with Crippen LogP contribution in [0, 0.1) is 5.41 Å². The van der Waals surface area contributed by atoms with Gasteiger partial charge in [-0.15, -0.1) is 0 Å². The molecule has 0 fully saturated rings. The normalized spacial score (nSPS) is 12.1. The average Bonchev–Trinajstić information content (AvgIpc) is 2.94. The number of hydrogen-bond acceptors (Lipinski definition) is 9. The summed E-state index contributed by atoms with van der Waals surface area (Å²) in [6, 6.07) is 15.4. The number of para-hydroxylation sites is 2. The maximum Gasteiger partial charge on any atom is 0.263 e. The molecule has 10 nitrogen and oxygen atoms in total. The van der Waals surface area contributed by atoms with Crippen molar-refractivity contribution in [3.63, 3.8) is 0 Å². The Bertz CT molecular complexity index is 1610. The number of hydrogen-bond donors (Lipinski definition) is 1. The first-order valence-electron chi connectivity index (χ1n) is 13.5. The Labute approximate surface area is 247 Å². The molecule has 222 valence electrons. The summed E-state index contributed by atoms with van der Waals surface area (Å²) in [6.07, 6.45) is 3.79. The van der Waals surface area contributed by atoms with Crippen molar-refractivity contribution in [3.05, 3.63) is 72.6 Å². The molecule has 0 spiro atoms. The molecule has 0 saturated heterocycles. The van der Waals surface area contributed by atoms with Gasteiger partial charge in [0, 0.05) is 12.4 Å². The number of rotatable bonds is 10. The van der Waals surface area contributed by atoms with Crippen LogP contribution in [0.2, 0.25) is 0 Å². The van der Waals surface area contributed by atoms with Gasteiger partial charge in [-0.3, -0.25) is 4.72 Å². The average molecular weight is 592 g/mol. The van der Waals surface area contributed by atoms with Gasteiger partial charge in [-0.2, -0.15) is 4.98 Å². The third-order valence-corrected chi connectivity index (χ3v) is 7.59. The summed E-state index contributed by atoms with van der Waals surface area (Å²) in [5.41, 5.74) is 0.843. The SMILES string of the molecule is COc1ccccc1Oc1c(NS(=O)(=O)c2ccc(C(C)(C)C)cc2)nc(-c2ncccn2)nc1OCCC(C)(C)C. The molecular formula is C31H37N5O5S. The van der Waals surface area contributed by atoms with Crippen LogP contribution >= 0.6 is 0 Å². The van der Waals surface area contributed by atoms with Crippen LogP contribution in [-0.4, -0.2) is 42.1 Å². The van der Waals surface area contributed by atoms with Crippen LogP contribution in [0.5, 0.6) is 23.1 Å². The van der Waals surface area contributed by atoms with Gasteiger partial charge < -0.3 is 14.2 Å². The van der Waals surface area contributed by atoms with E-state index in [2.05, 4.69) is 66.2 Å². The zero-order valence-electron chi connectivity index (χ0n) is 25.0. The molecule has 2 heterocycles. The number of benzene rings is 2. The molecule has 0 saturated carbocycles. The highest BCUT2D eigenvalue weighted by Crippen LogP contribution is 2.41.